The van der Waals surface area contributed by atoms with Crippen LogP contribution in [0.5, 0.6) is 0 Å². The Hall–Kier alpha value is -1.07. The van der Waals surface area contributed by atoms with E-state index in [0.717, 1.165) is 60.9 Å². The third-order valence-electron chi connectivity index (χ3n) is 4.58. The summed E-state index contributed by atoms with van der Waals surface area (Å²) in [4.78, 5) is 4.69. The lowest BCUT2D eigenvalue weighted by Crippen LogP contribution is -2.46. The lowest BCUT2D eigenvalue weighted by Gasteiger charge is -2.30. The van der Waals surface area contributed by atoms with E-state index in [1.54, 1.807) is 0 Å². The molecule has 3 unspecified atom stereocenters. The highest BCUT2D eigenvalue weighted by atomic mass is 35.5. The van der Waals surface area contributed by atoms with Gasteiger partial charge in [-0.3, -0.25) is 9.20 Å². The van der Waals surface area contributed by atoms with Gasteiger partial charge >= 0.3 is 0 Å². The molecule has 0 saturated heterocycles. The summed E-state index contributed by atoms with van der Waals surface area (Å²) in [5, 5.41) is 7.98. The number of hydrogen-bond acceptors (Lipinski definition) is 2. The van der Waals surface area contributed by atoms with E-state index in [4.69, 9.17) is 16.6 Å². The van der Waals surface area contributed by atoms with Crippen molar-refractivity contribution in [2.45, 2.75) is 57.2 Å². The van der Waals surface area contributed by atoms with Crippen LogP contribution in [0.3, 0.4) is 0 Å². The molecule has 6 heteroatoms. The Labute approximate surface area is 159 Å². The molecule has 0 aliphatic heterocycles. The molecule has 0 aromatic heterocycles. The summed E-state index contributed by atoms with van der Waals surface area (Å²) in [6, 6.07) is 8.27. The topological polar surface area (TPSA) is 53.5 Å². The zero-order valence-electron chi connectivity index (χ0n) is 15.3. The predicted octanol–water partition coefficient (Wildman–Crippen LogP) is 3.52. The molecule has 0 radical (unpaired) electrons. The Balaban J connectivity index is 1.90. The summed E-state index contributed by atoms with van der Waals surface area (Å²) in [6.45, 7) is 5.60. The number of guanidine groups is 1. The first-order chi connectivity index (χ1) is 12.1. The van der Waals surface area contributed by atoms with Gasteiger partial charge in [-0.05, 0) is 44.2 Å². The van der Waals surface area contributed by atoms with E-state index < -0.39 is 10.8 Å². The monoisotopic (exact) mass is 383 g/mol. The molecule has 1 aromatic rings. The van der Waals surface area contributed by atoms with Gasteiger partial charge in [0, 0.05) is 46.0 Å². The molecule has 0 amide bonds. The normalized spacial score (nSPS) is 22.4. The number of rotatable bonds is 7. The lowest BCUT2D eigenvalue weighted by atomic mass is 9.95. The maximum absolute atomic E-state index is 12.1. The van der Waals surface area contributed by atoms with Crippen molar-refractivity contribution >= 4 is 28.4 Å². The van der Waals surface area contributed by atoms with Gasteiger partial charge in [0.1, 0.15) is 0 Å². The standard InChI is InChI=1S/C19H30ClN3OS/c1-3-21-19(22-13-12-15-8-5-6-11-18(15)20)23-16-9-7-10-17(14-16)25(24)4-2/h5-6,8,11,16-17H,3-4,7,9-10,12-14H2,1-2H3,(H2,21,22,23). The maximum Gasteiger partial charge on any atom is 0.191 e. The molecule has 0 bridgehead atoms. The second-order valence-electron chi connectivity index (χ2n) is 6.40. The van der Waals surface area contributed by atoms with Gasteiger partial charge in [-0.15, -0.1) is 0 Å². The fourth-order valence-corrected chi connectivity index (χ4v) is 4.83. The highest BCUT2D eigenvalue weighted by molar-refractivity contribution is 7.85. The smallest absolute Gasteiger partial charge is 0.191 e. The van der Waals surface area contributed by atoms with Crippen LogP contribution in [-0.2, 0) is 17.2 Å². The average molecular weight is 384 g/mol. The molecular formula is C19H30ClN3OS. The van der Waals surface area contributed by atoms with Crippen LogP contribution < -0.4 is 10.6 Å². The van der Waals surface area contributed by atoms with Gasteiger partial charge in [0.15, 0.2) is 5.96 Å². The highest BCUT2D eigenvalue weighted by Crippen LogP contribution is 2.23. The van der Waals surface area contributed by atoms with Crippen molar-refractivity contribution < 1.29 is 4.21 Å². The summed E-state index contributed by atoms with van der Waals surface area (Å²) < 4.78 is 12.1. The fraction of sp³-hybridized carbons (Fsp3) is 0.632. The van der Waals surface area contributed by atoms with E-state index in [1.807, 2.05) is 31.2 Å². The lowest BCUT2D eigenvalue weighted by molar-refractivity contribution is 0.413. The minimum atomic E-state index is -0.701. The number of halogens is 1. The van der Waals surface area contributed by atoms with Crippen LogP contribution >= 0.6 is 11.6 Å². The summed E-state index contributed by atoms with van der Waals surface area (Å²) in [5.74, 6) is 1.60. The SMILES string of the molecule is CCNC(=NCCc1ccccc1Cl)NC1CCCC(S(=O)CC)C1. The Bertz CT molecular complexity index is 594. The van der Waals surface area contributed by atoms with E-state index in [9.17, 15) is 4.21 Å². The third-order valence-corrected chi connectivity index (χ3v) is 6.69. The van der Waals surface area contributed by atoms with Crippen molar-refractivity contribution in [1.29, 1.82) is 0 Å². The van der Waals surface area contributed by atoms with E-state index in [2.05, 4.69) is 17.6 Å². The number of aliphatic imine (C=N–C) groups is 1. The number of nitrogens with one attached hydrogen (secondary N) is 2. The maximum atomic E-state index is 12.1. The van der Waals surface area contributed by atoms with E-state index in [0.29, 0.717) is 17.8 Å². The predicted molar refractivity (Wildman–Crippen MR) is 109 cm³/mol. The second-order valence-corrected chi connectivity index (χ2v) is 8.81. The highest BCUT2D eigenvalue weighted by Gasteiger charge is 2.25. The average Bonchev–Trinajstić information content (AvgIpc) is 2.63. The summed E-state index contributed by atoms with van der Waals surface area (Å²) >= 11 is 6.21. The quantitative estimate of drug-likeness (QED) is 0.559. The first kappa shape index (κ1) is 20.2. The number of nitrogens with zero attached hydrogens (tertiary/aromatic N) is 1. The molecule has 1 saturated carbocycles. The summed E-state index contributed by atoms with van der Waals surface area (Å²) in [5.41, 5.74) is 1.12. The van der Waals surface area contributed by atoms with Gasteiger partial charge in [-0.2, -0.15) is 0 Å². The molecule has 2 rings (SSSR count). The molecule has 4 nitrogen and oxygen atoms in total. The molecule has 1 fully saturated rings. The molecule has 1 aromatic carbocycles. The largest absolute Gasteiger partial charge is 0.357 e. The van der Waals surface area contributed by atoms with Crippen LogP contribution in [0.15, 0.2) is 29.3 Å². The van der Waals surface area contributed by atoms with Crippen molar-refractivity contribution in [1.82, 2.24) is 10.6 Å². The summed E-state index contributed by atoms with van der Waals surface area (Å²) in [6.07, 6.45) is 5.12. The Kier molecular flexibility index (Phi) is 8.76. The van der Waals surface area contributed by atoms with Gasteiger partial charge in [0.25, 0.3) is 0 Å². The molecular weight excluding hydrogens is 354 g/mol. The van der Waals surface area contributed by atoms with Crippen molar-refractivity contribution in [3.63, 3.8) is 0 Å². The minimum absolute atomic E-state index is 0.322. The summed E-state index contributed by atoms with van der Waals surface area (Å²) in [7, 11) is -0.701. The molecule has 0 heterocycles. The van der Waals surface area contributed by atoms with Gasteiger partial charge in [-0.1, -0.05) is 43.1 Å². The molecule has 25 heavy (non-hydrogen) atoms. The van der Waals surface area contributed by atoms with Crippen LogP contribution in [0, 0.1) is 0 Å². The molecule has 140 valence electrons. The third kappa shape index (κ3) is 6.63. The van der Waals surface area contributed by atoms with Crippen LogP contribution in [0.1, 0.15) is 45.1 Å². The van der Waals surface area contributed by atoms with Crippen molar-refractivity contribution in [3.05, 3.63) is 34.9 Å². The fourth-order valence-electron chi connectivity index (χ4n) is 3.25. The van der Waals surface area contributed by atoms with E-state index >= 15 is 0 Å². The Morgan fingerprint density at radius 2 is 2.12 bits per heavy atom. The van der Waals surface area contributed by atoms with Crippen molar-refractivity contribution in [2.24, 2.45) is 4.99 Å². The zero-order chi connectivity index (χ0) is 18.1. The zero-order valence-corrected chi connectivity index (χ0v) is 16.8. The first-order valence-corrected chi connectivity index (χ1v) is 11.1. The number of hydrogen-bond donors (Lipinski definition) is 2. The van der Waals surface area contributed by atoms with E-state index in [1.165, 1.54) is 0 Å². The minimum Gasteiger partial charge on any atom is -0.357 e. The van der Waals surface area contributed by atoms with Crippen LogP contribution in [0.25, 0.3) is 0 Å². The van der Waals surface area contributed by atoms with Crippen LogP contribution in [-0.4, -0.2) is 40.3 Å². The van der Waals surface area contributed by atoms with Crippen LogP contribution in [0.2, 0.25) is 5.02 Å². The Morgan fingerprint density at radius 1 is 1.32 bits per heavy atom. The van der Waals surface area contributed by atoms with Gasteiger partial charge < -0.3 is 10.6 Å². The number of benzene rings is 1. The van der Waals surface area contributed by atoms with Crippen molar-refractivity contribution in [3.8, 4) is 0 Å². The Morgan fingerprint density at radius 3 is 2.84 bits per heavy atom. The molecule has 1 aliphatic carbocycles. The van der Waals surface area contributed by atoms with Gasteiger partial charge in [0.2, 0.25) is 0 Å². The van der Waals surface area contributed by atoms with Gasteiger partial charge in [0.05, 0.1) is 0 Å². The van der Waals surface area contributed by atoms with Crippen molar-refractivity contribution in [2.75, 3.05) is 18.8 Å². The second kappa shape index (κ2) is 10.8. The van der Waals surface area contributed by atoms with E-state index in [-0.39, 0.29) is 0 Å². The van der Waals surface area contributed by atoms with Gasteiger partial charge in [-0.25, -0.2) is 0 Å². The molecule has 0 spiro atoms. The molecule has 3 atom stereocenters. The van der Waals surface area contributed by atoms with Crippen LogP contribution in [0.4, 0.5) is 0 Å². The molecule has 1 aliphatic rings. The molecule has 2 N–H and O–H groups in total. The first-order valence-electron chi connectivity index (χ1n) is 9.29.